The van der Waals surface area contributed by atoms with Crippen LogP contribution in [0.4, 0.5) is 5.82 Å². The van der Waals surface area contributed by atoms with Gasteiger partial charge >= 0.3 is 0 Å². The molecule has 3 aromatic rings. The second-order valence-electron chi connectivity index (χ2n) is 6.69. The molecule has 1 aliphatic rings. The van der Waals surface area contributed by atoms with Crippen LogP contribution < -0.4 is 4.90 Å². The molecule has 138 valence electrons. The number of anilines is 1. The Morgan fingerprint density at radius 3 is 2.67 bits per heavy atom. The number of hydrogen-bond donors (Lipinski definition) is 0. The molecule has 0 amide bonds. The van der Waals surface area contributed by atoms with Gasteiger partial charge in [-0.1, -0.05) is 29.3 Å². The summed E-state index contributed by atoms with van der Waals surface area (Å²) in [6, 6.07) is 7.27. The normalized spacial score (nSPS) is 15.7. The number of halogens is 2. The van der Waals surface area contributed by atoms with Crippen LogP contribution in [0.1, 0.15) is 43.5 Å². The van der Waals surface area contributed by atoms with Gasteiger partial charge in [0.25, 0.3) is 0 Å². The lowest BCUT2D eigenvalue weighted by atomic mass is 10.1. The Labute approximate surface area is 167 Å². The van der Waals surface area contributed by atoms with E-state index >= 15 is 0 Å². The van der Waals surface area contributed by atoms with Crippen LogP contribution in [0.3, 0.4) is 0 Å². The van der Waals surface area contributed by atoms with Gasteiger partial charge in [0.1, 0.15) is 17.4 Å². The van der Waals surface area contributed by atoms with Crippen LogP contribution in [0.25, 0.3) is 11.2 Å². The van der Waals surface area contributed by atoms with Gasteiger partial charge in [0.05, 0.1) is 12.2 Å². The van der Waals surface area contributed by atoms with Crippen molar-refractivity contribution >= 4 is 40.2 Å². The minimum atomic E-state index is -0.217. The summed E-state index contributed by atoms with van der Waals surface area (Å²) in [5.41, 5.74) is 2.23. The fourth-order valence-electron chi connectivity index (χ4n) is 3.49. The predicted molar refractivity (Wildman–Crippen MR) is 106 cm³/mol. The number of nitrogens with zero attached hydrogens (tertiary/aromatic N) is 6. The second kappa shape index (κ2) is 7.34. The van der Waals surface area contributed by atoms with Crippen molar-refractivity contribution in [3.63, 3.8) is 0 Å². The summed E-state index contributed by atoms with van der Waals surface area (Å²) in [5, 5.41) is 15.0. The summed E-state index contributed by atoms with van der Waals surface area (Å²) in [4.78, 5) is 11.5. The smallest absolute Gasteiger partial charge is 0.190 e. The molecule has 6 nitrogen and oxygen atoms in total. The number of piperidine rings is 1. The van der Waals surface area contributed by atoms with Gasteiger partial charge in [0, 0.05) is 23.1 Å². The van der Waals surface area contributed by atoms with Gasteiger partial charge in [-0.2, -0.15) is 10.4 Å². The van der Waals surface area contributed by atoms with E-state index in [1.165, 1.54) is 6.42 Å². The van der Waals surface area contributed by atoms with E-state index in [4.69, 9.17) is 28.2 Å². The summed E-state index contributed by atoms with van der Waals surface area (Å²) in [7, 11) is 0. The van der Waals surface area contributed by atoms with Gasteiger partial charge < -0.3 is 4.90 Å². The zero-order valence-corrected chi connectivity index (χ0v) is 16.4. The molecule has 1 fully saturated rings. The molecular formula is C19H18Cl2N6. The molecule has 1 atom stereocenters. The molecule has 1 aliphatic heterocycles. The topological polar surface area (TPSA) is 70.6 Å². The van der Waals surface area contributed by atoms with Crippen LogP contribution in [0.2, 0.25) is 10.0 Å². The molecule has 0 unspecified atom stereocenters. The van der Waals surface area contributed by atoms with Crippen molar-refractivity contribution < 1.29 is 0 Å². The number of benzene rings is 1. The van der Waals surface area contributed by atoms with E-state index in [1.54, 1.807) is 23.0 Å². The highest BCUT2D eigenvalue weighted by Gasteiger charge is 2.22. The maximum absolute atomic E-state index is 9.46. The zero-order chi connectivity index (χ0) is 19.0. The SMILES string of the molecule is C[C@H](c1ccc(Cl)cc1Cl)n1nc(C#N)c2ncc(N3CCCCC3)nc21. The third-order valence-electron chi connectivity index (χ3n) is 4.96. The Balaban J connectivity index is 1.82. The van der Waals surface area contributed by atoms with Gasteiger partial charge in [-0.3, -0.25) is 0 Å². The zero-order valence-electron chi connectivity index (χ0n) is 14.9. The lowest BCUT2D eigenvalue weighted by molar-refractivity contribution is 0.566. The van der Waals surface area contributed by atoms with Crippen molar-refractivity contribution in [3.05, 3.63) is 45.7 Å². The highest BCUT2D eigenvalue weighted by atomic mass is 35.5. The van der Waals surface area contributed by atoms with E-state index < -0.39 is 0 Å². The maximum Gasteiger partial charge on any atom is 0.190 e. The molecule has 2 aromatic heterocycles. The fourth-order valence-corrected chi connectivity index (χ4v) is 4.06. The number of rotatable bonds is 3. The fraction of sp³-hybridized carbons (Fsp3) is 0.368. The second-order valence-corrected chi connectivity index (χ2v) is 7.54. The average molecular weight is 401 g/mol. The Morgan fingerprint density at radius 2 is 1.96 bits per heavy atom. The summed E-state index contributed by atoms with van der Waals surface area (Å²) >= 11 is 12.4. The lowest BCUT2D eigenvalue weighted by Gasteiger charge is -2.27. The molecule has 0 aliphatic carbocycles. The molecule has 1 saturated heterocycles. The summed E-state index contributed by atoms with van der Waals surface area (Å²) in [6.45, 7) is 3.91. The molecule has 3 heterocycles. The molecule has 4 rings (SSSR count). The van der Waals surface area contributed by atoms with Gasteiger partial charge in [-0.05, 0) is 43.9 Å². The van der Waals surface area contributed by atoms with Gasteiger partial charge in [-0.15, -0.1) is 0 Å². The Bertz CT molecular complexity index is 1030. The third-order valence-corrected chi connectivity index (χ3v) is 5.52. The van der Waals surface area contributed by atoms with Crippen molar-refractivity contribution in [2.75, 3.05) is 18.0 Å². The largest absolute Gasteiger partial charge is 0.355 e. The molecule has 0 radical (unpaired) electrons. The van der Waals surface area contributed by atoms with Crippen LogP contribution in [0.15, 0.2) is 24.4 Å². The van der Waals surface area contributed by atoms with Crippen LogP contribution in [0.5, 0.6) is 0 Å². The average Bonchev–Trinajstić information content (AvgIpc) is 3.06. The van der Waals surface area contributed by atoms with Crippen LogP contribution in [-0.2, 0) is 0 Å². The number of fused-ring (bicyclic) bond motifs is 1. The van der Waals surface area contributed by atoms with Crippen LogP contribution in [0, 0.1) is 11.3 Å². The van der Waals surface area contributed by atoms with E-state index in [1.807, 2.05) is 13.0 Å². The summed E-state index contributed by atoms with van der Waals surface area (Å²) in [5.74, 6) is 0.822. The molecule has 0 bridgehead atoms. The standard InChI is InChI=1S/C19H18Cl2N6/c1-12(14-6-5-13(20)9-15(14)21)27-19-18(16(10-22)25-27)23-11-17(24-19)26-7-3-2-4-8-26/h5-6,9,11-12H,2-4,7-8H2,1H3/t12-/m1/s1. The first-order valence-electron chi connectivity index (χ1n) is 8.93. The Morgan fingerprint density at radius 1 is 1.19 bits per heavy atom. The minimum Gasteiger partial charge on any atom is -0.355 e. The summed E-state index contributed by atoms with van der Waals surface area (Å²) in [6.07, 6.45) is 5.29. The number of aromatic nitrogens is 4. The third kappa shape index (κ3) is 3.33. The highest BCUT2D eigenvalue weighted by Crippen LogP contribution is 2.31. The number of hydrogen-bond acceptors (Lipinski definition) is 5. The Kier molecular flexibility index (Phi) is 4.90. The molecular weight excluding hydrogens is 383 g/mol. The van der Waals surface area contributed by atoms with Crippen LogP contribution in [-0.4, -0.2) is 32.8 Å². The van der Waals surface area contributed by atoms with Crippen LogP contribution >= 0.6 is 23.2 Å². The molecule has 1 aromatic carbocycles. The molecule has 0 saturated carbocycles. The van der Waals surface area contributed by atoms with Crippen molar-refractivity contribution in [2.45, 2.75) is 32.2 Å². The number of nitriles is 1. The van der Waals surface area contributed by atoms with Gasteiger partial charge in [0.2, 0.25) is 0 Å². The first-order chi connectivity index (χ1) is 13.1. The quantitative estimate of drug-likeness (QED) is 0.641. The Hall–Kier alpha value is -2.36. The maximum atomic E-state index is 9.46. The molecule has 0 N–H and O–H groups in total. The van der Waals surface area contributed by atoms with E-state index in [-0.39, 0.29) is 11.7 Å². The predicted octanol–water partition coefficient (Wildman–Crippen LogP) is 4.60. The highest BCUT2D eigenvalue weighted by molar-refractivity contribution is 6.35. The van der Waals surface area contributed by atoms with Crippen molar-refractivity contribution in [2.24, 2.45) is 0 Å². The first kappa shape index (κ1) is 18.0. The monoisotopic (exact) mass is 400 g/mol. The van der Waals surface area contributed by atoms with E-state index in [9.17, 15) is 5.26 Å². The van der Waals surface area contributed by atoms with E-state index in [0.717, 1.165) is 37.3 Å². The first-order valence-corrected chi connectivity index (χ1v) is 9.69. The van der Waals surface area contributed by atoms with Gasteiger partial charge in [-0.25, -0.2) is 14.6 Å². The van der Waals surface area contributed by atoms with Gasteiger partial charge in [0.15, 0.2) is 11.3 Å². The van der Waals surface area contributed by atoms with E-state index in [2.05, 4.69) is 21.1 Å². The van der Waals surface area contributed by atoms with Crippen molar-refractivity contribution in [1.29, 1.82) is 5.26 Å². The molecule has 27 heavy (non-hydrogen) atoms. The van der Waals surface area contributed by atoms with Crippen molar-refractivity contribution in [3.8, 4) is 6.07 Å². The molecule has 0 spiro atoms. The van der Waals surface area contributed by atoms with E-state index in [0.29, 0.717) is 21.2 Å². The van der Waals surface area contributed by atoms with Crippen molar-refractivity contribution in [1.82, 2.24) is 19.7 Å². The molecule has 8 heteroatoms. The summed E-state index contributed by atoms with van der Waals surface area (Å²) < 4.78 is 1.73. The minimum absolute atomic E-state index is 0.217. The lowest BCUT2D eigenvalue weighted by Crippen LogP contribution is -2.30.